The number of fused-ring (bicyclic) bond motifs is 2. The molecule has 0 amide bonds. The maximum atomic E-state index is 2.68. The molecule has 2 aromatic rings. The van der Waals surface area contributed by atoms with Crippen molar-refractivity contribution in [3.05, 3.63) is 58.7 Å². The van der Waals surface area contributed by atoms with Crippen LogP contribution in [0.25, 0.3) is 0 Å². The van der Waals surface area contributed by atoms with Gasteiger partial charge in [-0.3, -0.25) is 0 Å². The van der Waals surface area contributed by atoms with E-state index in [-0.39, 0.29) is 0 Å². The molecule has 0 atom stereocenters. The van der Waals surface area contributed by atoms with Crippen LogP contribution in [0.15, 0.2) is 46.2 Å². The summed E-state index contributed by atoms with van der Waals surface area (Å²) >= 11 is 1.98. The molecule has 3 aliphatic heterocycles. The minimum absolute atomic E-state index is 1.11. The lowest BCUT2D eigenvalue weighted by atomic mass is 9.97. The van der Waals surface area contributed by atoms with E-state index in [0.717, 1.165) is 6.42 Å². The van der Waals surface area contributed by atoms with Gasteiger partial charge in [-0.2, -0.15) is 0 Å². The Bertz CT molecular complexity index is 867. The fourth-order valence-electron chi connectivity index (χ4n) is 6.42. The van der Waals surface area contributed by atoms with E-state index in [2.05, 4.69) is 46.2 Å². The van der Waals surface area contributed by atoms with E-state index in [4.69, 9.17) is 0 Å². The maximum absolute atomic E-state index is 2.68. The topological polar surface area (TPSA) is 6.48 Å². The first-order chi connectivity index (χ1) is 17.8. The zero-order valence-electron chi connectivity index (χ0n) is 22.6. The summed E-state index contributed by atoms with van der Waals surface area (Å²) in [6, 6.07) is 14.6. The van der Waals surface area contributed by atoms with E-state index in [1.807, 2.05) is 11.8 Å². The van der Waals surface area contributed by atoms with Crippen LogP contribution < -0.4 is 0 Å². The molecule has 0 saturated carbocycles. The highest BCUT2D eigenvalue weighted by Crippen LogP contribution is 2.40. The van der Waals surface area contributed by atoms with Crippen molar-refractivity contribution in [2.45, 2.75) is 106 Å². The Balaban J connectivity index is 1.04. The number of piperidine rings is 2. The second kappa shape index (κ2) is 14.0. The third-order valence-corrected chi connectivity index (χ3v) is 9.86. The van der Waals surface area contributed by atoms with E-state index >= 15 is 0 Å². The van der Waals surface area contributed by atoms with Crippen LogP contribution in [0.5, 0.6) is 0 Å². The second-order valence-electron chi connectivity index (χ2n) is 11.6. The average Bonchev–Trinajstić information content (AvgIpc) is 2.92. The maximum Gasteiger partial charge on any atom is 0.0158 e. The minimum Gasteiger partial charge on any atom is -0.303 e. The minimum atomic E-state index is 1.11. The molecule has 0 spiro atoms. The number of hydrogen-bond donors (Lipinski definition) is 0. The Labute approximate surface area is 225 Å². The van der Waals surface area contributed by atoms with Gasteiger partial charge in [0.2, 0.25) is 0 Å². The van der Waals surface area contributed by atoms with Crippen LogP contribution in [0.4, 0.5) is 0 Å². The predicted molar refractivity (Wildman–Crippen MR) is 156 cm³/mol. The van der Waals surface area contributed by atoms with Gasteiger partial charge in [0, 0.05) is 9.79 Å². The van der Waals surface area contributed by atoms with Gasteiger partial charge in [0.15, 0.2) is 0 Å². The standard InChI is InChI=1S/C33H48N2S/c1(7-19-34-21-9-3-10-22-34)5-13-28-15-17-32-30(25-28)27-31-26-29(16-18-33(31)36-32)14-6-2-8-20-35-23-11-4-12-24-35/h15-18,25-26H,1-14,19-24,27H2. The van der Waals surface area contributed by atoms with Crippen LogP contribution in [0.3, 0.4) is 0 Å². The van der Waals surface area contributed by atoms with E-state index in [0.29, 0.717) is 0 Å². The molecule has 2 aromatic carbocycles. The van der Waals surface area contributed by atoms with Gasteiger partial charge in [0.25, 0.3) is 0 Å². The van der Waals surface area contributed by atoms with Gasteiger partial charge >= 0.3 is 0 Å². The van der Waals surface area contributed by atoms with Crippen LogP contribution in [-0.4, -0.2) is 49.1 Å². The first kappa shape index (κ1) is 26.3. The average molecular weight is 505 g/mol. The van der Waals surface area contributed by atoms with Gasteiger partial charge in [-0.05, 0) is 144 Å². The van der Waals surface area contributed by atoms with Crippen molar-refractivity contribution in [3.8, 4) is 0 Å². The van der Waals surface area contributed by atoms with Crippen LogP contribution in [0.2, 0.25) is 0 Å². The van der Waals surface area contributed by atoms with Crippen molar-refractivity contribution >= 4 is 11.8 Å². The third kappa shape index (κ3) is 7.85. The van der Waals surface area contributed by atoms with Crippen molar-refractivity contribution in [1.29, 1.82) is 0 Å². The van der Waals surface area contributed by atoms with Gasteiger partial charge in [0.05, 0.1) is 0 Å². The van der Waals surface area contributed by atoms with Gasteiger partial charge in [-0.25, -0.2) is 0 Å². The van der Waals surface area contributed by atoms with Gasteiger partial charge in [-0.15, -0.1) is 0 Å². The molecule has 2 nitrogen and oxygen atoms in total. The molecule has 0 aliphatic carbocycles. The molecule has 0 N–H and O–H groups in total. The molecule has 2 saturated heterocycles. The van der Waals surface area contributed by atoms with E-state index in [1.54, 1.807) is 22.3 Å². The highest BCUT2D eigenvalue weighted by Gasteiger charge is 2.17. The summed E-state index contributed by atoms with van der Waals surface area (Å²) in [5.41, 5.74) is 6.19. The third-order valence-electron chi connectivity index (χ3n) is 8.63. The first-order valence-corrected chi connectivity index (χ1v) is 16.0. The monoisotopic (exact) mass is 504 g/mol. The number of nitrogens with zero attached hydrogens (tertiary/aromatic N) is 2. The van der Waals surface area contributed by atoms with Crippen LogP contribution in [-0.2, 0) is 19.3 Å². The Morgan fingerprint density at radius 2 is 1.00 bits per heavy atom. The van der Waals surface area contributed by atoms with Gasteiger partial charge < -0.3 is 9.80 Å². The van der Waals surface area contributed by atoms with Crippen molar-refractivity contribution in [2.75, 3.05) is 39.3 Å². The van der Waals surface area contributed by atoms with Crippen molar-refractivity contribution in [2.24, 2.45) is 0 Å². The quantitative estimate of drug-likeness (QED) is 0.230. The van der Waals surface area contributed by atoms with Crippen molar-refractivity contribution in [1.82, 2.24) is 9.80 Å². The molecule has 5 rings (SSSR count). The highest BCUT2D eigenvalue weighted by atomic mass is 32.2. The molecule has 3 aliphatic rings. The highest BCUT2D eigenvalue weighted by molar-refractivity contribution is 7.99. The summed E-state index contributed by atoms with van der Waals surface area (Å²) < 4.78 is 0. The zero-order valence-corrected chi connectivity index (χ0v) is 23.4. The molecule has 0 radical (unpaired) electrons. The Hall–Kier alpha value is -1.29. The molecule has 0 aromatic heterocycles. The van der Waals surface area contributed by atoms with Crippen LogP contribution in [0, 0.1) is 0 Å². The summed E-state index contributed by atoms with van der Waals surface area (Å²) in [5, 5.41) is 0. The molecule has 3 heterocycles. The molecular formula is C33H48N2S. The Morgan fingerprint density at radius 1 is 0.528 bits per heavy atom. The normalized spacial score (nSPS) is 18.7. The Kier molecular flexibility index (Phi) is 10.3. The van der Waals surface area contributed by atoms with Crippen molar-refractivity contribution < 1.29 is 0 Å². The van der Waals surface area contributed by atoms with Crippen LogP contribution in [0.1, 0.15) is 99.3 Å². The summed E-state index contributed by atoms with van der Waals surface area (Å²) in [7, 11) is 0. The molecule has 2 fully saturated rings. The van der Waals surface area contributed by atoms with Gasteiger partial charge in [0.1, 0.15) is 0 Å². The number of unbranched alkanes of at least 4 members (excludes halogenated alkanes) is 4. The summed E-state index contributed by atoms with van der Waals surface area (Å²) in [6.07, 6.45) is 20.3. The number of hydrogen-bond acceptors (Lipinski definition) is 3. The van der Waals surface area contributed by atoms with E-state index in [1.165, 1.54) is 139 Å². The van der Waals surface area contributed by atoms with Crippen molar-refractivity contribution in [3.63, 3.8) is 0 Å². The van der Waals surface area contributed by atoms with Gasteiger partial charge in [-0.1, -0.05) is 61.7 Å². The van der Waals surface area contributed by atoms with E-state index in [9.17, 15) is 0 Å². The summed E-state index contributed by atoms with van der Waals surface area (Å²) in [4.78, 5) is 8.31. The number of likely N-dealkylation sites (tertiary alicyclic amines) is 2. The molecule has 196 valence electrons. The number of rotatable bonds is 12. The fourth-order valence-corrected chi connectivity index (χ4v) is 7.46. The lowest BCUT2D eigenvalue weighted by Gasteiger charge is -2.26. The molecule has 36 heavy (non-hydrogen) atoms. The smallest absolute Gasteiger partial charge is 0.0158 e. The molecular weight excluding hydrogens is 456 g/mol. The van der Waals surface area contributed by atoms with Crippen LogP contribution >= 0.6 is 11.8 Å². The second-order valence-corrected chi connectivity index (χ2v) is 12.7. The first-order valence-electron chi connectivity index (χ1n) is 15.2. The summed E-state index contributed by atoms with van der Waals surface area (Å²) in [5.74, 6) is 0. The van der Waals surface area contributed by atoms with E-state index < -0.39 is 0 Å². The summed E-state index contributed by atoms with van der Waals surface area (Å²) in [6.45, 7) is 7.99. The molecule has 0 unspecified atom stereocenters. The lowest BCUT2D eigenvalue weighted by Crippen LogP contribution is -2.30. The molecule has 3 heteroatoms. The molecule has 0 bridgehead atoms. The number of aryl methyl sites for hydroxylation is 2. The SMILES string of the molecule is c1cc2c(cc1CCCCCN1CCCCC1)Cc1cc(CCCCCN3CCCCC3)ccc1S2. The largest absolute Gasteiger partial charge is 0.303 e. The Morgan fingerprint density at radius 3 is 1.47 bits per heavy atom. The fraction of sp³-hybridized carbons (Fsp3) is 0.636. The predicted octanol–water partition coefficient (Wildman–Crippen LogP) is 8.14. The number of benzene rings is 2. The zero-order chi connectivity index (χ0) is 24.4. The lowest BCUT2D eigenvalue weighted by molar-refractivity contribution is 0.224.